The number of rotatable bonds is 3. The van der Waals surface area contributed by atoms with Gasteiger partial charge in [0.05, 0.1) is 10.6 Å². The number of nitro benzene ring substituents is 1. The highest BCUT2D eigenvalue weighted by atomic mass is 32.1. The number of nitrogens with zero attached hydrogens (tertiary/aromatic N) is 1. The molecule has 2 rings (SSSR count). The van der Waals surface area contributed by atoms with Crippen molar-refractivity contribution < 1.29 is 9.72 Å². The molecule has 0 saturated heterocycles. The lowest BCUT2D eigenvalue weighted by atomic mass is 10.1. The Bertz CT molecular complexity index is 593. The average molecular weight is 262 g/mol. The Morgan fingerprint density at radius 3 is 2.78 bits per heavy atom. The lowest BCUT2D eigenvalue weighted by Crippen LogP contribution is -2.11. The minimum absolute atomic E-state index is 0.0482. The summed E-state index contributed by atoms with van der Waals surface area (Å²) < 4.78 is 0. The van der Waals surface area contributed by atoms with Crippen LogP contribution >= 0.6 is 11.3 Å². The fourth-order valence-electron chi connectivity index (χ4n) is 1.49. The maximum atomic E-state index is 11.9. The molecule has 0 saturated carbocycles. The van der Waals surface area contributed by atoms with Crippen LogP contribution in [0.1, 0.15) is 15.9 Å². The SMILES string of the molecule is Cc1ccc(C(=O)Nc2ccsc2)cc1[N+](=O)[O-]. The number of hydrogen-bond acceptors (Lipinski definition) is 4. The summed E-state index contributed by atoms with van der Waals surface area (Å²) in [4.78, 5) is 22.2. The Kier molecular flexibility index (Phi) is 3.38. The zero-order valence-corrected chi connectivity index (χ0v) is 10.4. The van der Waals surface area contributed by atoms with Crippen molar-refractivity contribution in [1.29, 1.82) is 0 Å². The molecule has 92 valence electrons. The molecule has 2 aromatic rings. The summed E-state index contributed by atoms with van der Waals surface area (Å²) in [6, 6.07) is 6.20. The van der Waals surface area contributed by atoms with Crippen LogP contribution in [0.4, 0.5) is 11.4 Å². The van der Waals surface area contributed by atoms with Crippen LogP contribution in [0.15, 0.2) is 35.0 Å². The molecule has 0 aliphatic carbocycles. The molecule has 0 aliphatic rings. The van der Waals surface area contributed by atoms with E-state index in [2.05, 4.69) is 5.32 Å². The van der Waals surface area contributed by atoms with Gasteiger partial charge in [0.15, 0.2) is 0 Å². The maximum absolute atomic E-state index is 11.9. The highest BCUT2D eigenvalue weighted by Gasteiger charge is 2.15. The molecular formula is C12H10N2O3S. The molecule has 1 N–H and O–H groups in total. The van der Waals surface area contributed by atoms with Crippen molar-refractivity contribution in [2.45, 2.75) is 6.92 Å². The molecule has 1 heterocycles. The van der Waals surface area contributed by atoms with Crippen molar-refractivity contribution in [3.05, 3.63) is 56.3 Å². The van der Waals surface area contributed by atoms with E-state index in [9.17, 15) is 14.9 Å². The van der Waals surface area contributed by atoms with Crippen molar-refractivity contribution in [2.24, 2.45) is 0 Å². The minimum Gasteiger partial charge on any atom is -0.321 e. The fraction of sp³-hybridized carbons (Fsp3) is 0.0833. The normalized spacial score (nSPS) is 10.1. The second-order valence-corrected chi connectivity index (χ2v) is 4.50. The molecule has 0 fully saturated rings. The van der Waals surface area contributed by atoms with Crippen LogP contribution in [-0.4, -0.2) is 10.8 Å². The van der Waals surface area contributed by atoms with E-state index in [1.165, 1.54) is 17.4 Å². The third-order valence-corrected chi connectivity index (χ3v) is 3.13. The average Bonchev–Trinajstić information content (AvgIpc) is 2.81. The summed E-state index contributed by atoms with van der Waals surface area (Å²) in [7, 11) is 0. The number of nitrogens with one attached hydrogen (secondary N) is 1. The van der Waals surface area contributed by atoms with Crippen LogP contribution in [0.25, 0.3) is 0 Å². The van der Waals surface area contributed by atoms with Gasteiger partial charge in [-0.3, -0.25) is 14.9 Å². The Labute approximate surface area is 107 Å². The number of amides is 1. The zero-order chi connectivity index (χ0) is 13.1. The molecule has 5 nitrogen and oxygen atoms in total. The van der Waals surface area contributed by atoms with Crippen molar-refractivity contribution in [2.75, 3.05) is 5.32 Å². The van der Waals surface area contributed by atoms with Gasteiger partial charge >= 0.3 is 0 Å². The van der Waals surface area contributed by atoms with E-state index >= 15 is 0 Å². The van der Waals surface area contributed by atoms with Crippen molar-refractivity contribution in [3.63, 3.8) is 0 Å². The predicted octanol–water partition coefficient (Wildman–Crippen LogP) is 3.22. The Hall–Kier alpha value is -2.21. The topological polar surface area (TPSA) is 72.2 Å². The molecule has 0 atom stereocenters. The number of benzene rings is 1. The van der Waals surface area contributed by atoms with Crippen LogP contribution in [0, 0.1) is 17.0 Å². The van der Waals surface area contributed by atoms with Crippen molar-refractivity contribution >= 4 is 28.6 Å². The first-order valence-corrected chi connectivity index (χ1v) is 6.11. The second kappa shape index (κ2) is 4.97. The van der Waals surface area contributed by atoms with Crippen molar-refractivity contribution in [1.82, 2.24) is 0 Å². The predicted molar refractivity (Wildman–Crippen MR) is 70.1 cm³/mol. The fourth-order valence-corrected chi connectivity index (χ4v) is 2.07. The number of carbonyl (C=O) groups excluding carboxylic acids is 1. The first kappa shape index (κ1) is 12.3. The number of carbonyl (C=O) groups is 1. The summed E-state index contributed by atoms with van der Waals surface area (Å²) in [6.07, 6.45) is 0. The summed E-state index contributed by atoms with van der Waals surface area (Å²) in [5, 5.41) is 17.1. The quantitative estimate of drug-likeness (QED) is 0.681. The second-order valence-electron chi connectivity index (χ2n) is 3.72. The van der Waals surface area contributed by atoms with Gasteiger partial charge in [-0.25, -0.2) is 0 Å². The third-order valence-electron chi connectivity index (χ3n) is 2.45. The first-order chi connectivity index (χ1) is 8.58. The number of anilines is 1. The van der Waals surface area contributed by atoms with Gasteiger partial charge < -0.3 is 5.32 Å². The molecule has 0 bridgehead atoms. The Morgan fingerprint density at radius 1 is 1.39 bits per heavy atom. The summed E-state index contributed by atoms with van der Waals surface area (Å²) in [6.45, 7) is 1.64. The molecule has 6 heteroatoms. The molecule has 1 aromatic heterocycles. The van der Waals surface area contributed by atoms with Gasteiger partial charge in [-0.05, 0) is 24.4 Å². The first-order valence-electron chi connectivity index (χ1n) is 5.16. The van der Waals surface area contributed by atoms with Crippen LogP contribution < -0.4 is 5.32 Å². The van der Waals surface area contributed by atoms with Gasteiger partial charge in [0, 0.05) is 22.6 Å². The van der Waals surface area contributed by atoms with Gasteiger partial charge in [0.25, 0.3) is 11.6 Å². The highest BCUT2D eigenvalue weighted by molar-refractivity contribution is 7.08. The third kappa shape index (κ3) is 2.54. The molecule has 1 aromatic carbocycles. The molecule has 1 amide bonds. The molecule has 18 heavy (non-hydrogen) atoms. The number of hydrogen-bond donors (Lipinski definition) is 1. The number of thiophene rings is 1. The number of aryl methyl sites for hydroxylation is 1. The van der Waals surface area contributed by atoms with Gasteiger partial charge in [-0.15, -0.1) is 0 Å². The number of nitro groups is 1. The molecule has 0 aliphatic heterocycles. The van der Waals surface area contributed by atoms with E-state index in [1.54, 1.807) is 30.5 Å². The highest BCUT2D eigenvalue weighted by Crippen LogP contribution is 2.20. The van der Waals surface area contributed by atoms with Crippen LogP contribution in [0.5, 0.6) is 0 Å². The molecular weight excluding hydrogens is 252 g/mol. The van der Waals surface area contributed by atoms with Crippen LogP contribution in [0.2, 0.25) is 0 Å². The lowest BCUT2D eigenvalue weighted by molar-refractivity contribution is -0.385. The summed E-state index contributed by atoms with van der Waals surface area (Å²) >= 11 is 1.46. The Morgan fingerprint density at radius 2 is 2.17 bits per heavy atom. The maximum Gasteiger partial charge on any atom is 0.273 e. The minimum atomic E-state index is -0.489. The van der Waals surface area contributed by atoms with Crippen LogP contribution in [-0.2, 0) is 0 Å². The van der Waals surface area contributed by atoms with E-state index < -0.39 is 4.92 Å². The largest absolute Gasteiger partial charge is 0.321 e. The Balaban J connectivity index is 2.26. The van der Waals surface area contributed by atoms with Crippen LogP contribution in [0.3, 0.4) is 0 Å². The van der Waals surface area contributed by atoms with Gasteiger partial charge in [-0.1, -0.05) is 6.07 Å². The van der Waals surface area contributed by atoms with E-state index in [4.69, 9.17) is 0 Å². The van der Waals surface area contributed by atoms with E-state index in [0.29, 0.717) is 11.3 Å². The summed E-state index contributed by atoms with van der Waals surface area (Å²) in [5.41, 5.74) is 1.45. The lowest BCUT2D eigenvalue weighted by Gasteiger charge is -2.04. The van der Waals surface area contributed by atoms with Gasteiger partial charge in [0.2, 0.25) is 0 Å². The van der Waals surface area contributed by atoms with E-state index in [0.717, 1.165) is 0 Å². The monoisotopic (exact) mass is 262 g/mol. The summed E-state index contributed by atoms with van der Waals surface area (Å²) in [5.74, 6) is -0.350. The molecule has 0 unspecified atom stereocenters. The van der Waals surface area contributed by atoms with Gasteiger partial charge in [0.1, 0.15) is 0 Å². The van der Waals surface area contributed by atoms with Crippen molar-refractivity contribution in [3.8, 4) is 0 Å². The van der Waals surface area contributed by atoms with E-state index in [1.807, 2.05) is 5.38 Å². The molecule has 0 spiro atoms. The smallest absolute Gasteiger partial charge is 0.273 e. The van der Waals surface area contributed by atoms with Gasteiger partial charge in [-0.2, -0.15) is 11.3 Å². The molecule has 0 radical (unpaired) electrons. The zero-order valence-electron chi connectivity index (χ0n) is 9.54. The van der Waals surface area contributed by atoms with E-state index in [-0.39, 0.29) is 17.2 Å². The standard InChI is InChI=1S/C12H10N2O3S/c1-8-2-3-9(6-11(8)14(16)17)12(15)13-10-4-5-18-7-10/h2-7H,1H3,(H,13,15).